The summed E-state index contributed by atoms with van der Waals surface area (Å²) < 4.78 is 46.9. The number of carbonyl (C=O) groups excluding carboxylic acids is 1. The van der Waals surface area contributed by atoms with E-state index in [1.165, 1.54) is 0 Å². The highest BCUT2D eigenvalue weighted by Crippen LogP contribution is 2.26. The van der Waals surface area contributed by atoms with E-state index >= 15 is 0 Å². The van der Waals surface area contributed by atoms with Gasteiger partial charge in [0.15, 0.2) is 11.5 Å². The van der Waals surface area contributed by atoms with Crippen LogP contribution in [0.3, 0.4) is 0 Å². The zero-order valence-corrected chi connectivity index (χ0v) is 28.2. The molecule has 0 saturated heterocycles. The first-order valence-electron chi connectivity index (χ1n) is 16.2. The number of carbonyl (C=O) groups is 1. The van der Waals surface area contributed by atoms with Crippen molar-refractivity contribution in [3.8, 4) is 40.7 Å². The number of hydrogen-bond donors (Lipinski definition) is 0. The molecule has 0 saturated carbocycles. The van der Waals surface area contributed by atoms with Gasteiger partial charge in [-0.15, -0.1) is 5.10 Å². The Morgan fingerprint density at radius 2 is 1.25 bits per heavy atom. The van der Waals surface area contributed by atoms with Gasteiger partial charge in [-0.25, -0.2) is 14.8 Å². The molecular weight excluding hydrogens is 656 g/mol. The first kappa shape index (κ1) is 33.0. The molecule has 0 atom stereocenters. The van der Waals surface area contributed by atoms with Crippen LogP contribution in [0.15, 0.2) is 109 Å². The highest BCUT2D eigenvalue weighted by molar-refractivity contribution is 5.91. The predicted octanol–water partition coefficient (Wildman–Crippen LogP) is 7.96. The fraction of sp³-hybridized carbons (Fsp3) is 0.211. The van der Waals surface area contributed by atoms with Gasteiger partial charge in [0.05, 0.1) is 25.7 Å². The summed E-state index contributed by atoms with van der Waals surface area (Å²) in [5.74, 6) is 4.24. The largest absolute Gasteiger partial charge is 0.487 e. The zero-order chi connectivity index (χ0) is 35.2. The molecule has 0 aliphatic carbocycles. The number of nitrogens with zero attached hydrogens (tertiary/aromatic N) is 4. The summed E-state index contributed by atoms with van der Waals surface area (Å²) in [7, 11) is 0. The maximum atomic E-state index is 12.8. The molecule has 5 heterocycles. The smallest absolute Gasteiger partial charge is 0.345 e. The van der Waals surface area contributed by atoms with Crippen LogP contribution in [-0.2, 0) is 31.1 Å². The Balaban J connectivity index is 0.944. The van der Waals surface area contributed by atoms with Crippen molar-refractivity contribution in [2.24, 2.45) is 0 Å². The van der Waals surface area contributed by atoms with Crippen LogP contribution in [0.25, 0.3) is 23.3 Å². The van der Waals surface area contributed by atoms with E-state index in [2.05, 4.69) is 15.1 Å². The minimum atomic E-state index is -0.511. The second-order valence-electron chi connectivity index (χ2n) is 11.4. The summed E-state index contributed by atoms with van der Waals surface area (Å²) >= 11 is 0. The van der Waals surface area contributed by atoms with Gasteiger partial charge in [0.1, 0.15) is 59.8 Å². The van der Waals surface area contributed by atoms with E-state index in [4.69, 9.17) is 36.6 Å². The van der Waals surface area contributed by atoms with Crippen molar-refractivity contribution in [2.45, 2.75) is 47.1 Å². The lowest BCUT2D eigenvalue weighted by molar-refractivity contribution is 0.0521. The molecule has 5 aromatic heterocycles. The number of hydrogen-bond acceptors (Lipinski definition) is 12. The van der Waals surface area contributed by atoms with Gasteiger partial charge in [-0.2, -0.15) is 0 Å². The van der Waals surface area contributed by atoms with Crippen LogP contribution in [0.2, 0.25) is 0 Å². The van der Waals surface area contributed by atoms with Gasteiger partial charge in [0.2, 0.25) is 5.88 Å². The molecule has 260 valence electrons. The van der Waals surface area contributed by atoms with E-state index in [0.29, 0.717) is 64.3 Å². The second kappa shape index (κ2) is 14.9. The van der Waals surface area contributed by atoms with Crippen molar-refractivity contribution in [2.75, 3.05) is 6.61 Å². The monoisotopic (exact) mass is 690 g/mol. The van der Waals surface area contributed by atoms with E-state index in [0.717, 1.165) is 11.1 Å². The summed E-state index contributed by atoms with van der Waals surface area (Å²) in [6, 6.07) is 22.2. The summed E-state index contributed by atoms with van der Waals surface area (Å²) in [6.45, 7) is 6.69. The highest BCUT2D eigenvalue weighted by atomic mass is 16.5. The van der Waals surface area contributed by atoms with Crippen molar-refractivity contribution < 1.29 is 41.4 Å². The quantitative estimate of drug-likeness (QED) is 0.0960. The van der Waals surface area contributed by atoms with Gasteiger partial charge in [-0.3, -0.25) is 4.68 Å². The van der Waals surface area contributed by atoms with Crippen molar-refractivity contribution in [3.05, 3.63) is 131 Å². The molecule has 0 aliphatic rings. The van der Waals surface area contributed by atoms with Crippen LogP contribution < -0.4 is 14.2 Å². The van der Waals surface area contributed by atoms with Crippen LogP contribution in [-0.4, -0.2) is 32.3 Å². The first-order valence-corrected chi connectivity index (χ1v) is 16.2. The van der Waals surface area contributed by atoms with E-state index in [-0.39, 0.29) is 37.9 Å². The molecule has 0 amide bonds. The van der Waals surface area contributed by atoms with Gasteiger partial charge < -0.3 is 36.6 Å². The van der Waals surface area contributed by atoms with Crippen LogP contribution in [0.1, 0.15) is 51.3 Å². The van der Waals surface area contributed by atoms with Crippen LogP contribution in [0.5, 0.6) is 17.4 Å². The number of esters is 1. The molecular formula is C38H34N4O9. The molecule has 13 nitrogen and oxygen atoms in total. The minimum Gasteiger partial charge on any atom is -0.487 e. The Hall–Kier alpha value is -6.50. The number of rotatable bonds is 15. The highest BCUT2D eigenvalue weighted by Gasteiger charge is 2.20. The molecule has 0 N–H and O–H groups in total. The molecule has 7 aromatic rings. The molecule has 0 fully saturated rings. The summed E-state index contributed by atoms with van der Waals surface area (Å²) in [5, 5.41) is 4.55. The molecule has 13 heteroatoms. The minimum absolute atomic E-state index is 0.179. The van der Waals surface area contributed by atoms with Gasteiger partial charge in [-0.05, 0) is 80.4 Å². The van der Waals surface area contributed by atoms with Gasteiger partial charge in [-0.1, -0.05) is 24.3 Å². The van der Waals surface area contributed by atoms with Crippen molar-refractivity contribution in [1.82, 2.24) is 19.7 Å². The third-order valence-corrected chi connectivity index (χ3v) is 7.79. The van der Waals surface area contributed by atoms with Gasteiger partial charge in [0.25, 0.3) is 11.8 Å². The van der Waals surface area contributed by atoms with Crippen LogP contribution in [0.4, 0.5) is 0 Å². The topological polar surface area (TPSA) is 150 Å². The molecule has 2 aromatic carbocycles. The summed E-state index contributed by atoms with van der Waals surface area (Å²) in [4.78, 5) is 21.7. The van der Waals surface area contributed by atoms with E-state index in [9.17, 15) is 4.79 Å². The SMILES string of the molecule is CCOC(=O)c1cn(Cc2ccc(OCc3nc(-c4ccco4)oc3C)cc2)nc1OCc1ccc(OCc2nc(-c3ccco3)oc2C)cc1. The molecule has 0 bridgehead atoms. The molecule has 7 rings (SSSR count). The number of benzene rings is 2. The number of oxazole rings is 2. The number of aromatic nitrogens is 4. The lowest BCUT2D eigenvalue weighted by Crippen LogP contribution is -2.06. The molecule has 0 spiro atoms. The molecule has 0 unspecified atom stereocenters. The van der Waals surface area contributed by atoms with Crippen molar-refractivity contribution in [1.29, 1.82) is 0 Å². The van der Waals surface area contributed by atoms with Crippen LogP contribution >= 0.6 is 0 Å². The lowest BCUT2D eigenvalue weighted by atomic mass is 10.2. The Morgan fingerprint density at radius 1 is 0.706 bits per heavy atom. The molecule has 51 heavy (non-hydrogen) atoms. The zero-order valence-electron chi connectivity index (χ0n) is 28.2. The number of aryl methyl sites for hydroxylation is 2. The maximum absolute atomic E-state index is 12.8. The van der Waals surface area contributed by atoms with Gasteiger partial charge in [0, 0.05) is 6.20 Å². The van der Waals surface area contributed by atoms with Crippen molar-refractivity contribution >= 4 is 5.97 Å². The van der Waals surface area contributed by atoms with Gasteiger partial charge >= 0.3 is 5.97 Å². The average molecular weight is 691 g/mol. The number of furan rings is 2. The fourth-order valence-corrected chi connectivity index (χ4v) is 5.09. The number of ether oxygens (including phenoxy) is 4. The Morgan fingerprint density at radius 3 is 1.76 bits per heavy atom. The van der Waals surface area contributed by atoms with Crippen molar-refractivity contribution in [3.63, 3.8) is 0 Å². The molecule has 0 radical (unpaired) electrons. The first-order chi connectivity index (χ1) is 24.9. The summed E-state index contributed by atoms with van der Waals surface area (Å²) in [6.07, 6.45) is 4.77. The molecule has 0 aliphatic heterocycles. The third kappa shape index (κ3) is 7.88. The average Bonchev–Trinajstić information content (AvgIpc) is 3.99. The van der Waals surface area contributed by atoms with E-state index in [1.807, 2.05) is 62.4 Å². The normalized spacial score (nSPS) is 11.1. The summed E-state index contributed by atoms with van der Waals surface area (Å²) in [5.41, 5.74) is 3.41. The second-order valence-corrected chi connectivity index (χ2v) is 11.4. The third-order valence-electron chi connectivity index (χ3n) is 7.79. The van der Waals surface area contributed by atoms with E-state index in [1.54, 1.807) is 54.6 Å². The van der Waals surface area contributed by atoms with Crippen LogP contribution in [0, 0.1) is 13.8 Å². The maximum Gasteiger partial charge on any atom is 0.345 e. The Labute approximate surface area is 292 Å². The Bertz CT molecular complexity index is 2180. The van der Waals surface area contributed by atoms with E-state index < -0.39 is 5.97 Å². The predicted molar refractivity (Wildman–Crippen MR) is 181 cm³/mol. The Kier molecular flexibility index (Phi) is 9.68. The lowest BCUT2D eigenvalue weighted by Gasteiger charge is -2.08. The standard InChI is InChI=1S/C38H34N4O9/c1-4-44-38(43)30-20-42(19-26-9-13-28(14-10-26)47-22-31-24(2)50-36(39-31)33-7-5-17-45-33)41-35(30)49-21-27-11-15-29(16-12-27)48-23-32-25(3)51-37(40-32)34-8-6-18-46-34/h5-18,20H,4,19,21-23H2,1-3H3. The fourth-order valence-electron chi connectivity index (χ4n) is 5.09.